The summed E-state index contributed by atoms with van der Waals surface area (Å²) in [7, 11) is 0. The Balaban J connectivity index is 1.74. The molecule has 0 spiro atoms. The summed E-state index contributed by atoms with van der Waals surface area (Å²) in [5, 5.41) is 1.84. The quantitative estimate of drug-likeness (QED) is 0.621. The normalized spacial score (nSPS) is 18.2. The van der Waals surface area contributed by atoms with Crippen LogP contribution in [0.15, 0.2) is 90.2 Å². The Labute approximate surface area is 187 Å². The Morgan fingerprint density at radius 2 is 1.64 bits per heavy atom. The minimum absolute atomic E-state index is 0.0445. The predicted octanol–water partition coefficient (Wildman–Crippen LogP) is 3.60. The molecular weight excluding hydrogens is 433 g/mol. The first-order valence-corrected chi connectivity index (χ1v) is 10.1. The van der Waals surface area contributed by atoms with E-state index in [2.05, 4.69) is 9.98 Å². The molecule has 0 fully saturated rings. The average Bonchev–Trinajstić information content (AvgIpc) is 3.12. The van der Waals surface area contributed by atoms with Crippen molar-refractivity contribution in [1.29, 1.82) is 0 Å². The van der Waals surface area contributed by atoms with Crippen molar-refractivity contribution >= 4 is 17.6 Å². The molecule has 0 radical (unpaired) electrons. The fourth-order valence-corrected chi connectivity index (χ4v) is 3.53. The average molecular weight is 452 g/mol. The molecule has 2 aromatic carbocycles. The number of amidine groups is 1. The first kappa shape index (κ1) is 22.2. The Bertz CT molecular complexity index is 1170. The maximum atomic E-state index is 14.4. The van der Waals surface area contributed by atoms with Crippen molar-refractivity contribution < 1.29 is 22.8 Å². The fraction of sp³-hybridized carbons (Fsp3) is 0.167. The molecule has 1 atom stereocenters. The highest BCUT2D eigenvalue weighted by Gasteiger charge is 2.67. The van der Waals surface area contributed by atoms with Gasteiger partial charge >= 0.3 is 11.8 Å². The van der Waals surface area contributed by atoms with E-state index < -0.39 is 23.7 Å². The third kappa shape index (κ3) is 4.34. The van der Waals surface area contributed by atoms with Crippen molar-refractivity contribution in [1.82, 2.24) is 15.2 Å². The van der Waals surface area contributed by atoms with Crippen LogP contribution in [0, 0.1) is 0 Å². The smallest absolute Gasteiger partial charge is 0.312 e. The van der Waals surface area contributed by atoms with Gasteiger partial charge in [-0.05, 0) is 24.1 Å². The van der Waals surface area contributed by atoms with E-state index in [4.69, 9.17) is 0 Å². The van der Waals surface area contributed by atoms with Crippen LogP contribution in [0.5, 0.6) is 0 Å². The largest absolute Gasteiger partial charge is 0.442 e. The number of hydrogen-bond donors (Lipinski definition) is 1. The van der Waals surface area contributed by atoms with Crippen LogP contribution < -0.4 is 5.32 Å². The standard InChI is InChI=1S/C24H19F3N4O2/c25-24(26,27)23(30-21(32)19-12-7-14-28-16-19)22(33)31(15-13-17-8-3-1-4-9-17)20(29-23)18-10-5-2-6-11-18/h1-12,14,16H,13,15H2,(H,30,32)/t23-/m1/s1. The number of nitrogens with zero attached hydrogens (tertiary/aromatic N) is 3. The van der Waals surface area contributed by atoms with Crippen LogP contribution in [0.25, 0.3) is 0 Å². The van der Waals surface area contributed by atoms with Crippen molar-refractivity contribution in [3.63, 3.8) is 0 Å². The van der Waals surface area contributed by atoms with E-state index in [-0.39, 0.29) is 17.9 Å². The number of nitrogens with one attached hydrogen (secondary N) is 1. The number of alkyl halides is 3. The number of amides is 2. The summed E-state index contributed by atoms with van der Waals surface area (Å²) in [5.41, 5.74) is -2.38. The molecule has 3 aromatic rings. The molecule has 1 aromatic heterocycles. The highest BCUT2D eigenvalue weighted by molar-refractivity contribution is 6.16. The summed E-state index contributed by atoms with van der Waals surface area (Å²) in [4.78, 5) is 34.5. The summed E-state index contributed by atoms with van der Waals surface area (Å²) in [6.45, 7) is -0.0445. The number of halogens is 3. The van der Waals surface area contributed by atoms with E-state index in [9.17, 15) is 22.8 Å². The first-order chi connectivity index (χ1) is 15.8. The lowest BCUT2D eigenvalue weighted by atomic mass is 10.1. The van der Waals surface area contributed by atoms with Crippen molar-refractivity contribution in [2.24, 2.45) is 4.99 Å². The molecule has 9 heteroatoms. The van der Waals surface area contributed by atoms with E-state index in [1.165, 1.54) is 18.3 Å². The number of rotatable bonds is 6. The fourth-order valence-electron chi connectivity index (χ4n) is 3.53. The van der Waals surface area contributed by atoms with Gasteiger partial charge in [0.1, 0.15) is 5.84 Å². The monoisotopic (exact) mass is 452 g/mol. The first-order valence-electron chi connectivity index (χ1n) is 10.1. The molecule has 4 rings (SSSR count). The van der Waals surface area contributed by atoms with Crippen LogP contribution in [-0.2, 0) is 11.2 Å². The maximum Gasteiger partial charge on any atom is 0.442 e. The maximum absolute atomic E-state index is 14.4. The Morgan fingerprint density at radius 3 is 2.24 bits per heavy atom. The summed E-state index contributed by atoms with van der Waals surface area (Å²) in [5.74, 6) is -2.61. The molecule has 1 aliphatic heterocycles. The number of aliphatic imine (C=N–C) groups is 1. The molecule has 0 saturated carbocycles. The van der Waals surface area contributed by atoms with Crippen LogP contribution in [0.1, 0.15) is 21.5 Å². The van der Waals surface area contributed by atoms with Gasteiger partial charge in [-0.3, -0.25) is 19.5 Å². The molecule has 6 nitrogen and oxygen atoms in total. The number of aromatic nitrogens is 1. The summed E-state index contributed by atoms with van der Waals surface area (Å²) in [6, 6.07) is 19.9. The van der Waals surface area contributed by atoms with Crippen molar-refractivity contribution in [3.8, 4) is 0 Å². The zero-order valence-electron chi connectivity index (χ0n) is 17.3. The molecule has 0 aliphatic carbocycles. The van der Waals surface area contributed by atoms with E-state index in [0.717, 1.165) is 16.7 Å². The Morgan fingerprint density at radius 1 is 0.970 bits per heavy atom. The van der Waals surface area contributed by atoms with E-state index >= 15 is 0 Å². The minimum Gasteiger partial charge on any atom is -0.312 e. The van der Waals surface area contributed by atoms with Gasteiger partial charge in [0.2, 0.25) is 0 Å². The molecule has 2 heterocycles. The van der Waals surface area contributed by atoms with Crippen LogP contribution in [0.2, 0.25) is 0 Å². The summed E-state index contributed by atoms with van der Waals surface area (Å²) < 4.78 is 43.1. The number of benzene rings is 2. The zero-order chi connectivity index (χ0) is 23.5. The van der Waals surface area contributed by atoms with E-state index in [1.807, 2.05) is 35.6 Å². The van der Waals surface area contributed by atoms with Crippen LogP contribution in [0.4, 0.5) is 13.2 Å². The Kier molecular flexibility index (Phi) is 5.95. The van der Waals surface area contributed by atoms with Gasteiger partial charge in [-0.2, -0.15) is 13.2 Å². The molecule has 168 valence electrons. The third-order valence-corrected chi connectivity index (χ3v) is 5.21. The highest BCUT2D eigenvalue weighted by Crippen LogP contribution is 2.38. The SMILES string of the molecule is O=C(N[C@]1(C(F)(F)F)N=C(c2ccccc2)N(CCc2ccccc2)C1=O)c1cccnc1. The van der Waals surface area contributed by atoms with Crippen molar-refractivity contribution in [2.75, 3.05) is 6.54 Å². The van der Waals surface area contributed by atoms with Gasteiger partial charge in [0.25, 0.3) is 11.8 Å². The molecule has 0 unspecified atom stereocenters. The lowest BCUT2D eigenvalue weighted by molar-refractivity contribution is -0.196. The second-order valence-electron chi connectivity index (χ2n) is 7.40. The molecule has 0 bridgehead atoms. The van der Waals surface area contributed by atoms with Gasteiger partial charge in [0.05, 0.1) is 5.56 Å². The van der Waals surface area contributed by atoms with Gasteiger partial charge < -0.3 is 5.32 Å². The molecule has 1 aliphatic rings. The Hall–Kier alpha value is -4.01. The third-order valence-electron chi connectivity index (χ3n) is 5.21. The second kappa shape index (κ2) is 8.85. The van der Waals surface area contributed by atoms with Gasteiger partial charge in [-0.15, -0.1) is 0 Å². The van der Waals surface area contributed by atoms with Crippen molar-refractivity contribution in [3.05, 3.63) is 102 Å². The van der Waals surface area contributed by atoms with Gasteiger partial charge in [0.15, 0.2) is 0 Å². The lowest BCUT2D eigenvalue weighted by Gasteiger charge is -2.29. The number of carbonyl (C=O) groups is 2. The van der Waals surface area contributed by atoms with Crippen molar-refractivity contribution in [2.45, 2.75) is 18.3 Å². The molecule has 2 amide bonds. The summed E-state index contributed by atoms with van der Waals surface area (Å²) >= 11 is 0. The molecular formula is C24H19F3N4O2. The van der Waals surface area contributed by atoms with Gasteiger partial charge in [-0.1, -0.05) is 60.7 Å². The topological polar surface area (TPSA) is 74.7 Å². The highest BCUT2D eigenvalue weighted by atomic mass is 19.4. The lowest BCUT2D eigenvalue weighted by Crippen LogP contribution is -2.63. The molecule has 1 N–H and O–H groups in total. The minimum atomic E-state index is -5.18. The van der Waals surface area contributed by atoms with Gasteiger partial charge in [-0.25, -0.2) is 4.99 Å². The van der Waals surface area contributed by atoms with E-state index in [1.54, 1.807) is 30.3 Å². The second-order valence-corrected chi connectivity index (χ2v) is 7.40. The number of hydrogen-bond acceptors (Lipinski definition) is 4. The molecule has 33 heavy (non-hydrogen) atoms. The number of carbonyl (C=O) groups excluding carboxylic acids is 2. The van der Waals surface area contributed by atoms with Gasteiger partial charge in [0, 0.05) is 24.5 Å². The van der Waals surface area contributed by atoms with Crippen LogP contribution >= 0.6 is 0 Å². The van der Waals surface area contributed by atoms with Crippen LogP contribution in [-0.4, -0.2) is 45.9 Å². The zero-order valence-corrected chi connectivity index (χ0v) is 17.3. The molecule has 0 saturated heterocycles. The van der Waals surface area contributed by atoms with Crippen LogP contribution in [0.3, 0.4) is 0 Å². The van der Waals surface area contributed by atoms with E-state index in [0.29, 0.717) is 12.0 Å². The number of pyridine rings is 1. The summed E-state index contributed by atoms with van der Waals surface area (Å²) in [6.07, 6.45) is -2.37. The predicted molar refractivity (Wildman–Crippen MR) is 115 cm³/mol.